The van der Waals surface area contributed by atoms with Crippen molar-refractivity contribution in [2.75, 3.05) is 13.7 Å². The zero-order valence-electron chi connectivity index (χ0n) is 28.1. The van der Waals surface area contributed by atoms with Crippen LogP contribution in [-0.2, 0) is 24.4 Å². The number of hydrogen-bond donors (Lipinski definition) is 4. The predicted octanol–water partition coefficient (Wildman–Crippen LogP) is 2.86. The molecule has 14 nitrogen and oxygen atoms in total. The summed E-state index contributed by atoms with van der Waals surface area (Å²) in [4.78, 5) is 59.5. The van der Waals surface area contributed by atoms with Crippen LogP contribution in [0.5, 0.6) is 11.6 Å². The predicted molar refractivity (Wildman–Crippen MR) is 178 cm³/mol. The second-order valence-corrected chi connectivity index (χ2v) is 15.9. The average Bonchev–Trinajstić information content (AvgIpc) is 3.99. The third-order valence-electron chi connectivity index (χ3n) is 10.2. The molecule has 2 aliphatic heterocycles. The van der Waals surface area contributed by atoms with Crippen molar-refractivity contribution in [1.29, 1.82) is 0 Å². The van der Waals surface area contributed by atoms with Gasteiger partial charge in [0.25, 0.3) is 5.91 Å². The minimum Gasteiger partial charge on any atom is -0.494 e. The fraction of sp³-hybridized carbons (Fsp3) is 0.559. The highest BCUT2D eigenvalue weighted by Gasteiger charge is 2.62. The van der Waals surface area contributed by atoms with Gasteiger partial charge in [-0.3, -0.25) is 19.1 Å². The number of nitrogens with zero attached hydrogens (tertiary/aromatic N) is 2. The van der Waals surface area contributed by atoms with Gasteiger partial charge in [-0.1, -0.05) is 26.0 Å². The fourth-order valence-corrected chi connectivity index (χ4v) is 8.58. The normalized spacial score (nSPS) is 30.9. The largest absolute Gasteiger partial charge is 0.494 e. The number of amides is 4. The van der Waals surface area contributed by atoms with Gasteiger partial charge in [0.2, 0.25) is 27.7 Å². The number of benzene rings is 1. The number of methoxy groups -OCH3 is 1. The Kier molecular flexibility index (Phi) is 9.68. The van der Waals surface area contributed by atoms with Crippen molar-refractivity contribution < 1.29 is 46.6 Å². The molecular weight excluding hydrogens is 673 g/mol. The lowest BCUT2D eigenvalue weighted by atomic mass is 9.88. The van der Waals surface area contributed by atoms with E-state index in [0.717, 1.165) is 6.42 Å². The molecule has 0 spiro atoms. The summed E-state index contributed by atoms with van der Waals surface area (Å²) in [5.41, 5.74) is -1.56. The number of carbonyl (C=O) groups is 4. The monoisotopic (exact) mass is 715 g/mol. The van der Waals surface area contributed by atoms with Crippen molar-refractivity contribution in [1.82, 2.24) is 25.2 Å². The van der Waals surface area contributed by atoms with E-state index in [1.807, 2.05) is 19.1 Å². The van der Waals surface area contributed by atoms with Crippen LogP contribution in [0.25, 0.3) is 10.8 Å². The molecule has 3 fully saturated rings. The molecule has 2 saturated carbocycles. The summed E-state index contributed by atoms with van der Waals surface area (Å²) in [6, 6.07) is 2.06. The van der Waals surface area contributed by atoms with Gasteiger partial charge in [-0.25, -0.2) is 22.6 Å². The number of nitrogens with one attached hydrogen (secondary N) is 3. The second-order valence-electron chi connectivity index (χ2n) is 14.0. The lowest BCUT2D eigenvalue weighted by molar-refractivity contribution is -0.142. The first-order valence-corrected chi connectivity index (χ1v) is 18.4. The number of hydrogen-bond acceptors (Lipinski definition) is 9. The molecule has 2 aliphatic carbocycles. The van der Waals surface area contributed by atoms with E-state index in [4.69, 9.17) is 9.47 Å². The number of sulfonamides is 1. The summed E-state index contributed by atoms with van der Waals surface area (Å²) in [6.07, 6.45) is 5.68. The van der Waals surface area contributed by atoms with Gasteiger partial charge in [-0.2, -0.15) is 0 Å². The van der Waals surface area contributed by atoms with Gasteiger partial charge in [0.1, 0.15) is 23.7 Å². The first kappa shape index (κ1) is 35.4. The third kappa shape index (κ3) is 7.07. The van der Waals surface area contributed by atoms with Crippen LogP contribution in [0.2, 0.25) is 0 Å². The van der Waals surface area contributed by atoms with Crippen molar-refractivity contribution in [3.8, 4) is 11.6 Å². The van der Waals surface area contributed by atoms with E-state index in [0.29, 0.717) is 31.1 Å². The minimum atomic E-state index is -3.92. The molecule has 1 aromatic heterocycles. The SMILES string of the molecule is COc1ccc2c(O[C@@H]3C[C@H]4C(=O)N[C@]5(C(=O)NS(=O)(=O)C6CC6)C[C@H]5/C=C\CC[C@@H](C)C[C@@H](C)[C@H](NC(=O)O)C(=O)N4C3)nccc2c1F. The van der Waals surface area contributed by atoms with E-state index in [1.165, 1.54) is 30.3 Å². The molecule has 3 heterocycles. The van der Waals surface area contributed by atoms with Gasteiger partial charge < -0.3 is 30.1 Å². The Labute approximate surface area is 289 Å². The number of ether oxygens (including phenoxy) is 2. The van der Waals surface area contributed by atoms with Crippen LogP contribution in [0.3, 0.4) is 0 Å². The smallest absolute Gasteiger partial charge is 0.405 e. The molecule has 50 heavy (non-hydrogen) atoms. The maximum atomic E-state index is 15.1. The topological polar surface area (TPSA) is 193 Å². The van der Waals surface area contributed by atoms with E-state index in [9.17, 15) is 32.7 Å². The number of carbonyl (C=O) groups excluding carboxylic acids is 3. The summed E-state index contributed by atoms with van der Waals surface area (Å²) in [5, 5.41) is 14.7. The Morgan fingerprint density at radius 2 is 1.88 bits per heavy atom. The van der Waals surface area contributed by atoms with Gasteiger partial charge in [0, 0.05) is 29.3 Å². The lowest BCUT2D eigenvalue weighted by Crippen LogP contribution is -2.59. The Balaban J connectivity index is 1.34. The Hall–Kier alpha value is -4.47. The van der Waals surface area contributed by atoms with Crippen LogP contribution < -0.4 is 24.8 Å². The standard InChI is InChI=1S/C34H42FN5O9S/c1-18-6-4-5-7-20-16-34(20,32(43)39-50(46,47)22-8-9-22)38-29(41)25-15-21(17-40(25)31(42)28(19(2)14-18)37-33(44)45)49-30-24-10-11-26(48-3)27(35)23(24)12-13-36-30/h5,7,10-13,18-22,25,28,37H,4,6,8-9,14-17H2,1-3H3,(H,38,41)(H,39,43)(H,44,45)/b7-5-/t18-,19-,20-,21-,25+,28+,34-/m1/s1. The summed E-state index contributed by atoms with van der Waals surface area (Å²) in [5.74, 6) is -3.55. The number of aromatic nitrogens is 1. The van der Waals surface area contributed by atoms with Gasteiger partial charge in [-0.05, 0) is 68.6 Å². The summed E-state index contributed by atoms with van der Waals surface area (Å²) in [6.45, 7) is 3.64. The number of fused-ring (bicyclic) bond motifs is 3. The van der Waals surface area contributed by atoms with Crippen molar-refractivity contribution in [2.24, 2.45) is 17.8 Å². The highest BCUT2D eigenvalue weighted by atomic mass is 32.2. The van der Waals surface area contributed by atoms with Gasteiger partial charge in [0.05, 0.1) is 18.9 Å². The zero-order valence-corrected chi connectivity index (χ0v) is 28.9. The molecule has 4 amide bonds. The third-order valence-corrected chi connectivity index (χ3v) is 12.0. The van der Waals surface area contributed by atoms with Crippen molar-refractivity contribution in [3.05, 3.63) is 42.4 Å². The van der Waals surface area contributed by atoms with Gasteiger partial charge >= 0.3 is 6.09 Å². The molecule has 0 bridgehead atoms. The van der Waals surface area contributed by atoms with E-state index in [1.54, 1.807) is 13.0 Å². The second kappa shape index (κ2) is 13.7. The van der Waals surface area contributed by atoms with E-state index >= 15 is 4.39 Å². The minimum absolute atomic E-state index is 0.0280. The Morgan fingerprint density at radius 1 is 1.12 bits per heavy atom. The maximum Gasteiger partial charge on any atom is 0.405 e. The molecule has 270 valence electrons. The van der Waals surface area contributed by atoms with Crippen LogP contribution >= 0.6 is 0 Å². The molecular formula is C34H42FN5O9S. The van der Waals surface area contributed by atoms with Crippen LogP contribution in [-0.4, -0.2) is 89.9 Å². The number of allylic oxidation sites excluding steroid dienone is 1. The zero-order chi connectivity index (χ0) is 36.0. The van der Waals surface area contributed by atoms with E-state index in [2.05, 4.69) is 20.3 Å². The average molecular weight is 716 g/mol. The summed E-state index contributed by atoms with van der Waals surface area (Å²) >= 11 is 0. The van der Waals surface area contributed by atoms with Crippen LogP contribution in [0.1, 0.15) is 58.8 Å². The highest BCUT2D eigenvalue weighted by molar-refractivity contribution is 7.91. The van der Waals surface area contributed by atoms with Crippen molar-refractivity contribution >= 4 is 44.6 Å². The first-order valence-electron chi connectivity index (χ1n) is 16.9. The highest BCUT2D eigenvalue weighted by Crippen LogP contribution is 2.46. The Bertz CT molecular complexity index is 1840. The summed E-state index contributed by atoms with van der Waals surface area (Å²) in [7, 11) is -2.58. The molecule has 1 aromatic carbocycles. The van der Waals surface area contributed by atoms with E-state index < -0.39 is 80.5 Å². The van der Waals surface area contributed by atoms with Crippen LogP contribution in [0, 0.1) is 23.6 Å². The molecule has 2 aromatic rings. The van der Waals surface area contributed by atoms with Crippen molar-refractivity contribution in [2.45, 2.75) is 87.8 Å². The number of carboxylic acid groups (broad SMARTS) is 1. The molecule has 6 rings (SSSR count). The van der Waals surface area contributed by atoms with E-state index in [-0.39, 0.29) is 42.3 Å². The molecule has 4 N–H and O–H groups in total. The molecule has 4 aliphatic rings. The quantitative estimate of drug-likeness (QED) is 0.310. The molecule has 16 heteroatoms. The van der Waals surface area contributed by atoms with Gasteiger partial charge in [0.15, 0.2) is 11.6 Å². The molecule has 0 radical (unpaired) electrons. The Morgan fingerprint density at radius 3 is 2.58 bits per heavy atom. The number of pyridine rings is 1. The lowest BCUT2D eigenvalue weighted by Gasteiger charge is -2.32. The van der Waals surface area contributed by atoms with Crippen LogP contribution in [0.15, 0.2) is 36.5 Å². The molecule has 0 unspecified atom stereocenters. The number of halogens is 1. The van der Waals surface area contributed by atoms with Crippen molar-refractivity contribution in [3.63, 3.8) is 0 Å². The van der Waals surface area contributed by atoms with Crippen LogP contribution in [0.4, 0.5) is 9.18 Å². The number of rotatable bonds is 7. The molecule has 1 saturated heterocycles. The fourth-order valence-electron chi connectivity index (χ4n) is 7.21. The first-order chi connectivity index (χ1) is 23.7. The molecule has 7 atom stereocenters. The maximum absolute atomic E-state index is 15.1. The summed E-state index contributed by atoms with van der Waals surface area (Å²) < 4.78 is 54.1. The van der Waals surface area contributed by atoms with Gasteiger partial charge in [-0.15, -0.1) is 0 Å².